The maximum Gasteiger partial charge on any atom is 0.255 e. The molecular formula is C22H28N2O4S. The van der Waals surface area contributed by atoms with E-state index in [1.54, 1.807) is 12.1 Å². The zero-order valence-electron chi connectivity index (χ0n) is 16.9. The molecule has 0 radical (unpaired) electrons. The summed E-state index contributed by atoms with van der Waals surface area (Å²) in [5.74, 6) is 0.506. The Morgan fingerprint density at radius 2 is 1.69 bits per heavy atom. The van der Waals surface area contributed by atoms with Crippen LogP contribution in [0.4, 0.5) is 5.69 Å². The molecule has 1 atom stereocenters. The first kappa shape index (κ1) is 21.3. The van der Waals surface area contributed by atoms with E-state index in [0.717, 1.165) is 18.6 Å². The van der Waals surface area contributed by atoms with Gasteiger partial charge in [0.05, 0.1) is 11.0 Å². The molecule has 0 saturated heterocycles. The highest BCUT2D eigenvalue weighted by atomic mass is 32.2. The Balaban J connectivity index is 1.60. The smallest absolute Gasteiger partial charge is 0.255 e. The second-order valence-corrected chi connectivity index (χ2v) is 9.17. The minimum Gasteiger partial charge on any atom is -0.490 e. The fourth-order valence-corrected chi connectivity index (χ4v) is 4.55. The van der Waals surface area contributed by atoms with Gasteiger partial charge >= 0.3 is 0 Å². The van der Waals surface area contributed by atoms with Crippen molar-refractivity contribution >= 4 is 21.6 Å². The highest BCUT2D eigenvalue weighted by molar-refractivity contribution is 7.89. The summed E-state index contributed by atoms with van der Waals surface area (Å²) in [6, 6.07) is 13.1. The molecule has 3 rings (SSSR count). The second-order valence-electron chi connectivity index (χ2n) is 7.46. The van der Waals surface area contributed by atoms with Crippen LogP contribution in [0.25, 0.3) is 0 Å². The summed E-state index contributed by atoms with van der Waals surface area (Å²) in [7, 11) is -3.58. The number of carbonyl (C=O) groups is 1. The van der Waals surface area contributed by atoms with Crippen molar-refractivity contribution in [3.63, 3.8) is 0 Å². The molecule has 29 heavy (non-hydrogen) atoms. The first-order valence-electron chi connectivity index (χ1n) is 10.1. The Hall–Kier alpha value is -2.38. The first-order chi connectivity index (χ1) is 13.9. The van der Waals surface area contributed by atoms with Crippen molar-refractivity contribution in [2.45, 2.75) is 63.0 Å². The summed E-state index contributed by atoms with van der Waals surface area (Å²) >= 11 is 0. The number of benzene rings is 2. The second kappa shape index (κ2) is 9.41. The number of sulfonamides is 1. The predicted octanol–water partition coefficient (Wildman–Crippen LogP) is 4.34. The third-order valence-corrected chi connectivity index (χ3v) is 6.72. The number of rotatable bonds is 8. The highest BCUT2D eigenvalue weighted by Crippen LogP contribution is 2.25. The third-order valence-electron chi connectivity index (χ3n) is 5.11. The van der Waals surface area contributed by atoms with Gasteiger partial charge in [0.1, 0.15) is 5.75 Å². The topological polar surface area (TPSA) is 84.5 Å². The van der Waals surface area contributed by atoms with Gasteiger partial charge in [-0.1, -0.05) is 6.92 Å². The average Bonchev–Trinajstić information content (AvgIpc) is 3.22. The highest BCUT2D eigenvalue weighted by Gasteiger charge is 2.18. The zero-order valence-corrected chi connectivity index (χ0v) is 17.7. The van der Waals surface area contributed by atoms with E-state index in [2.05, 4.69) is 10.0 Å². The molecule has 0 bridgehead atoms. The first-order valence-corrected chi connectivity index (χ1v) is 11.6. The van der Waals surface area contributed by atoms with Crippen LogP contribution in [0.1, 0.15) is 56.3 Å². The van der Waals surface area contributed by atoms with E-state index >= 15 is 0 Å². The van der Waals surface area contributed by atoms with E-state index < -0.39 is 10.0 Å². The van der Waals surface area contributed by atoms with Gasteiger partial charge in [-0.3, -0.25) is 4.79 Å². The van der Waals surface area contributed by atoms with E-state index in [-0.39, 0.29) is 16.8 Å². The van der Waals surface area contributed by atoms with Crippen molar-refractivity contribution in [2.75, 3.05) is 5.32 Å². The fraction of sp³-hybridized carbons (Fsp3) is 0.409. The van der Waals surface area contributed by atoms with Crippen LogP contribution in [0.15, 0.2) is 53.4 Å². The molecule has 1 aliphatic rings. The maximum absolute atomic E-state index is 12.5. The van der Waals surface area contributed by atoms with Gasteiger partial charge in [-0.2, -0.15) is 0 Å². The van der Waals surface area contributed by atoms with Crippen LogP contribution >= 0.6 is 0 Å². The lowest BCUT2D eigenvalue weighted by Gasteiger charge is -2.14. The van der Waals surface area contributed by atoms with Gasteiger partial charge in [-0.15, -0.1) is 0 Å². The molecule has 1 fully saturated rings. The molecule has 1 unspecified atom stereocenters. The molecule has 2 aromatic carbocycles. The van der Waals surface area contributed by atoms with Gasteiger partial charge < -0.3 is 10.1 Å². The van der Waals surface area contributed by atoms with Crippen molar-refractivity contribution in [3.05, 3.63) is 54.1 Å². The van der Waals surface area contributed by atoms with Crippen molar-refractivity contribution in [1.82, 2.24) is 4.72 Å². The third kappa shape index (κ3) is 5.81. The van der Waals surface area contributed by atoms with Crippen LogP contribution in [-0.2, 0) is 10.0 Å². The van der Waals surface area contributed by atoms with Gasteiger partial charge in [-0.05, 0) is 87.6 Å². The number of hydrogen-bond acceptors (Lipinski definition) is 4. The van der Waals surface area contributed by atoms with Crippen LogP contribution in [0.3, 0.4) is 0 Å². The Bertz CT molecular complexity index is 918. The van der Waals surface area contributed by atoms with Crippen molar-refractivity contribution in [1.29, 1.82) is 0 Å². The van der Waals surface area contributed by atoms with E-state index in [4.69, 9.17) is 4.74 Å². The molecule has 1 saturated carbocycles. The number of nitrogens with one attached hydrogen (secondary N) is 2. The number of ether oxygens (including phenoxy) is 1. The normalized spacial score (nSPS) is 15.8. The van der Waals surface area contributed by atoms with E-state index in [9.17, 15) is 13.2 Å². The largest absolute Gasteiger partial charge is 0.490 e. The molecule has 1 aliphatic carbocycles. The number of anilines is 1. The molecule has 6 nitrogen and oxygen atoms in total. The standard InChI is InChI=1S/C22H28N2O4S/c1-3-16(2)24-29(26,27)21-14-8-17(9-15-21)22(25)23-18-10-12-20(13-11-18)28-19-6-4-5-7-19/h8-16,19,24H,3-7H2,1-2H3,(H,23,25). The Morgan fingerprint density at radius 1 is 1.07 bits per heavy atom. The lowest BCUT2D eigenvalue weighted by molar-refractivity contribution is 0.102. The fourth-order valence-electron chi connectivity index (χ4n) is 3.22. The molecule has 0 aliphatic heterocycles. The van der Waals surface area contributed by atoms with Crippen LogP contribution in [0.5, 0.6) is 5.75 Å². The molecule has 2 N–H and O–H groups in total. The number of amides is 1. The monoisotopic (exact) mass is 416 g/mol. The minimum absolute atomic E-state index is 0.141. The minimum atomic E-state index is -3.58. The number of carbonyl (C=O) groups excluding carboxylic acids is 1. The average molecular weight is 417 g/mol. The van der Waals surface area contributed by atoms with E-state index in [1.807, 2.05) is 26.0 Å². The summed E-state index contributed by atoms with van der Waals surface area (Å²) in [5.41, 5.74) is 1.04. The SMILES string of the molecule is CCC(C)NS(=O)(=O)c1ccc(C(=O)Nc2ccc(OC3CCCC3)cc2)cc1. The van der Waals surface area contributed by atoms with E-state index in [0.29, 0.717) is 23.8 Å². The van der Waals surface area contributed by atoms with Gasteiger partial charge in [0.25, 0.3) is 5.91 Å². The number of hydrogen-bond donors (Lipinski definition) is 2. The summed E-state index contributed by atoms with van der Waals surface area (Å²) in [6.07, 6.45) is 5.61. The van der Waals surface area contributed by atoms with Crippen molar-refractivity contribution in [3.8, 4) is 5.75 Å². The van der Waals surface area contributed by atoms with Crippen LogP contribution in [-0.4, -0.2) is 26.5 Å². The molecule has 7 heteroatoms. The van der Waals surface area contributed by atoms with Gasteiger partial charge in [0.15, 0.2) is 0 Å². The molecule has 0 aromatic heterocycles. The quantitative estimate of drug-likeness (QED) is 0.670. The summed E-state index contributed by atoms with van der Waals surface area (Å²) in [6.45, 7) is 3.72. The van der Waals surface area contributed by atoms with E-state index in [1.165, 1.54) is 37.1 Å². The Morgan fingerprint density at radius 3 is 2.28 bits per heavy atom. The Kier molecular flexibility index (Phi) is 6.92. The molecule has 1 amide bonds. The maximum atomic E-state index is 12.5. The van der Waals surface area contributed by atoms with Gasteiger partial charge in [0.2, 0.25) is 10.0 Å². The molecule has 0 heterocycles. The van der Waals surface area contributed by atoms with Gasteiger partial charge in [-0.25, -0.2) is 13.1 Å². The molecule has 0 spiro atoms. The summed E-state index contributed by atoms with van der Waals surface area (Å²) in [5, 5.41) is 2.82. The van der Waals surface area contributed by atoms with Gasteiger partial charge in [0, 0.05) is 17.3 Å². The van der Waals surface area contributed by atoms with Crippen molar-refractivity contribution in [2.24, 2.45) is 0 Å². The molecule has 156 valence electrons. The van der Waals surface area contributed by atoms with Crippen LogP contribution in [0, 0.1) is 0 Å². The summed E-state index contributed by atoms with van der Waals surface area (Å²) < 4.78 is 33.1. The lowest BCUT2D eigenvalue weighted by atomic mass is 10.2. The predicted molar refractivity (Wildman–Crippen MR) is 114 cm³/mol. The van der Waals surface area contributed by atoms with Crippen molar-refractivity contribution < 1.29 is 17.9 Å². The van der Waals surface area contributed by atoms with Crippen LogP contribution in [0.2, 0.25) is 0 Å². The molecule has 2 aromatic rings. The zero-order chi connectivity index (χ0) is 20.9. The summed E-state index contributed by atoms with van der Waals surface area (Å²) in [4.78, 5) is 12.6. The lowest BCUT2D eigenvalue weighted by Crippen LogP contribution is -2.32. The Labute approximate surface area is 172 Å². The molecular weight excluding hydrogens is 388 g/mol. The van der Waals surface area contributed by atoms with Crippen LogP contribution < -0.4 is 14.8 Å².